The van der Waals surface area contributed by atoms with Crippen LogP contribution in [0.5, 0.6) is 0 Å². The Bertz CT molecular complexity index is 279. The van der Waals surface area contributed by atoms with E-state index in [0.29, 0.717) is 12.3 Å². The van der Waals surface area contributed by atoms with Crippen LogP contribution in [0.4, 0.5) is 0 Å². The Morgan fingerprint density at radius 1 is 1.31 bits per heavy atom. The molecule has 0 aromatic rings. The maximum Gasteiger partial charge on any atom is 1.00 e. The molecule has 0 saturated heterocycles. The molecule has 1 aliphatic rings. The molecule has 0 N–H and O–H groups in total. The molecule has 4 nitrogen and oxygen atoms in total. The first kappa shape index (κ1) is 16.9. The van der Waals surface area contributed by atoms with Crippen LogP contribution in [0.25, 0.3) is 0 Å². The zero-order valence-electron chi connectivity index (χ0n) is 10.1. The molecule has 0 aromatic heterocycles. The average molecular weight is 258 g/mol. The van der Waals surface area contributed by atoms with Crippen molar-refractivity contribution >= 4 is 10.4 Å². The van der Waals surface area contributed by atoms with Crippen LogP contribution in [0.1, 0.15) is 45.4 Å². The fourth-order valence-electron chi connectivity index (χ4n) is 2.34. The van der Waals surface area contributed by atoms with Gasteiger partial charge in [-0.15, -0.1) is 0 Å². The molecule has 0 radical (unpaired) electrons. The van der Waals surface area contributed by atoms with E-state index in [4.69, 9.17) is 0 Å². The fourth-order valence-corrected chi connectivity index (χ4v) is 2.67. The molecule has 1 rings (SSSR count). The third kappa shape index (κ3) is 7.25. The van der Waals surface area contributed by atoms with E-state index < -0.39 is 10.4 Å². The Morgan fingerprint density at radius 3 is 2.44 bits per heavy atom. The van der Waals surface area contributed by atoms with Crippen LogP contribution < -0.4 is 29.6 Å². The SMILES string of the molecule is CCC1CCC(CCCOS(=O)(=O)[O-])C1.[Na+]. The van der Waals surface area contributed by atoms with Crippen molar-refractivity contribution in [1.82, 2.24) is 0 Å². The van der Waals surface area contributed by atoms with Crippen molar-refractivity contribution < 1.29 is 46.7 Å². The molecular formula is C10H19NaO4S. The van der Waals surface area contributed by atoms with Gasteiger partial charge in [-0.1, -0.05) is 26.2 Å². The van der Waals surface area contributed by atoms with Crippen LogP contribution in [0.3, 0.4) is 0 Å². The summed E-state index contributed by atoms with van der Waals surface area (Å²) in [6.45, 7) is 2.25. The van der Waals surface area contributed by atoms with Gasteiger partial charge in [-0.2, -0.15) is 0 Å². The van der Waals surface area contributed by atoms with E-state index >= 15 is 0 Å². The molecule has 0 aromatic carbocycles. The molecule has 1 aliphatic carbocycles. The largest absolute Gasteiger partial charge is 1.00 e. The normalized spacial score (nSPS) is 25.4. The minimum atomic E-state index is -4.49. The van der Waals surface area contributed by atoms with Gasteiger partial charge >= 0.3 is 29.6 Å². The van der Waals surface area contributed by atoms with Crippen molar-refractivity contribution in [3.63, 3.8) is 0 Å². The van der Waals surface area contributed by atoms with Gasteiger partial charge in [0.1, 0.15) is 0 Å². The topological polar surface area (TPSA) is 66.4 Å². The van der Waals surface area contributed by atoms with Gasteiger partial charge in [-0.05, 0) is 31.1 Å². The molecule has 0 heterocycles. The Morgan fingerprint density at radius 2 is 1.94 bits per heavy atom. The summed E-state index contributed by atoms with van der Waals surface area (Å²) in [5.74, 6) is 1.55. The Kier molecular flexibility index (Phi) is 8.49. The van der Waals surface area contributed by atoms with E-state index in [1.807, 2.05) is 0 Å². The number of rotatable bonds is 6. The van der Waals surface area contributed by atoms with E-state index in [1.54, 1.807) is 0 Å². The first-order chi connectivity index (χ1) is 7.01. The molecule has 1 saturated carbocycles. The summed E-state index contributed by atoms with van der Waals surface area (Å²) >= 11 is 0. The minimum Gasteiger partial charge on any atom is -0.726 e. The van der Waals surface area contributed by atoms with Gasteiger partial charge < -0.3 is 4.55 Å². The summed E-state index contributed by atoms with van der Waals surface area (Å²) in [5.41, 5.74) is 0. The van der Waals surface area contributed by atoms with E-state index in [0.717, 1.165) is 12.3 Å². The van der Waals surface area contributed by atoms with Gasteiger partial charge in [-0.25, -0.2) is 8.42 Å². The number of hydrogen-bond donors (Lipinski definition) is 0. The Balaban J connectivity index is 0.00000225. The zero-order chi connectivity index (χ0) is 11.3. The predicted molar refractivity (Wildman–Crippen MR) is 56.0 cm³/mol. The third-order valence-electron chi connectivity index (χ3n) is 3.21. The van der Waals surface area contributed by atoms with Gasteiger partial charge in [0.15, 0.2) is 0 Å². The molecule has 2 unspecified atom stereocenters. The monoisotopic (exact) mass is 258 g/mol. The Labute approximate surface area is 120 Å². The van der Waals surface area contributed by atoms with Gasteiger partial charge in [0.2, 0.25) is 10.4 Å². The molecule has 0 bridgehead atoms. The molecule has 2 atom stereocenters. The first-order valence-electron chi connectivity index (χ1n) is 5.61. The third-order valence-corrected chi connectivity index (χ3v) is 3.67. The van der Waals surface area contributed by atoms with Crippen molar-refractivity contribution in [1.29, 1.82) is 0 Å². The molecule has 16 heavy (non-hydrogen) atoms. The van der Waals surface area contributed by atoms with Crippen molar-refractivity contribution in [3.8, 4) is 0 Å². The first-order valence-corrected chi connectivity index (χ1v) is 6.95. The van der Waals surface area contributed by atoms with Crippen LogP contribution in [-0.2, 0) is 14.6 Å². The zero-order valence-corrected chi connectivity index (χ0v) is 13.0. The quantitative estimate of drug-likeness (QED) is 0.267. The summed E-state index contributed by atoms with van der Waals surface area (Å²) < 4.78 is 34.6. The van der Waals surface area contributed by atoms with Gasteiger partial charge in [0.25, 0.3) is 0 Å². The molecule has 0 aliphatic heterocycles. The molecule has 6 heteroatoms. The van der Waals surface area contributed by atoms with E-state index in [2.05, 4.69) is 11.1 Å². The van der Waals surface area contributed by atoms with E-state index in [1.165, 1.54) is 25.7 Å². The predicted octanol–water partition coefficient (Wildman–Crippen LogP) is -0.926. The van der Waals surface area contributed by atoms with E-state index in [-0.39, 0.29) is 36.2 Å². The van der Waals surface area contributed by atoms with Crippen molar-refractivity contribution in [2.24, 2.45) is 11.8 Å². The van der Waals surface area contributed by atoms with E-state index in [9.17, 15) is 13.0 Å². The molecule has 0 amide bonds. The van der Waals surface area contributed by atoms with Crippen LogP contribution in [0.15, 0.2) is 0 Å². The smallest absolute Gasteiger partial charge is 0.726 e. The van der Waals surface area contributed by atoms with Crippen molar-refractivity contribution in [2.45, 2.75) is 45.4 Å². The molecule has 0 spiro atoms. The molecule has 1 fully saturated rings. The fraction of sp³-hybridized carbons (Fsp3) is 1.00. The van der Waals surface area contributed by atoms with Crippen molar-refractivity contribution in [2.75, 3.05) is 6.61 Å². The van der Waals surface area contributed by atoms with Crippen molar-refractivity contribution in [3.05, 3.63) is 0 Å². The van der Waals surface area contributed by atoms with Gasteiger partial charge in [0.05, 0.1) is 6.61 Å². The summed E-state index contributed by atoms with van der Waals surface area (Å²) in [4.78, 5) is 0. The summed E-state index contributed by atoms with van der Waals surface area (Å²) in [6.07, 6.45) is 6.67. The summed E-state index contributed by atoms with van der Waals surface area (Å²) in [6, 6.07) is 0. The maximum atomic E-state index is 10.1. The molecular weight excluding hydrogens is 239 g/mol. The van der Waals surface area contributed by atoms with Gasteiger partial charge in [0, 0.05) is 0 Å². The summed E-state index contributed by atoms with van der Waals surface area (Å²) in [5, 5.41) is 0. The second kappa shape index (κ2) is 8.06. The summed E-state index contributed by atoms with van der Waals surface area (Å²) in [7, 11) is -4.49. The Hall–Kier alpha value is 0.870. The average Bonchev–Trinajstić information content (AvgIpc) is 2.59. The van der Waals surface area contributed by atoms with Crippen LogP contribution in [0.2, 0.25) is 0 Å². The number of hydrogen-bond acceptors (Lipinski definition) is 4. The maximum absolute atomic E-state index is 10.1. The second-order valence-electron chi connectivity index (χ2n) is 4.33. The van der Waals surface area contributed by atoms with Gasteiger partial charge in [-0.3, -0.25) is 4.18 Å². The van der Waals surface area contributed by atoms with Crippen LogP contribution in [-0.4, -0.2) is 19.6 Å². The van der Waals surface area contributed by atoms with Crippen LogP contribution >= 0.6 is 0 Å². The standard InChI is InChI=1S/C10H20O4S.Na/c1-2-9-5-6-10(8-9)4-3-7-14-15(11,12)13;/h9-10H,2-8H2,1H3,(H,11,12,13);/q;+1/p-1. The molecule has 90 valence electrons. The van der Waals surface area contributed by atoms with Crippen LogP contribution in [0, 0.1) is 11.8 Å². The second-order valence-corrected chi connectivity index (χ2v) is 5.38. The minimum absolute atomic E-state index is 0.